The van der Waals surface area contributed by atoms with Crippen molar-refractivity contribution in [2.75, 3.05) is 27.5 Å². The zero-order chi connectivity index (χ0) is 28.6. The van der Waals surface area contributed by atoms with Crippen LogP contribution in [0.1, 0.15) is 52.4 Å². The maximum atomic E-state index is 12.6. The number of nitrogens with one attached hydrogen (secondary N) is 1. The topological polar surface area (TPSA) is 154 Å². The summed E-state index contributed by atoms with van der Waals surface area (Å²) in [7, 11) is 3.53. The molecule has 0 radical (unpaired) electrons. The zero-order valence-corrected chi connectivity index (χ0v) is 23.3. The third-order valence-corrected chi connectivity index (χ3v) is 9.17. The molecule has 40 heavy (non-hydrogen) atoms. The van der Waals surface area contributed by atoms with Crippen LogP contribution in [0.4, 0.5) is 0 Å². The van der Waals surface area contributed by atoms with Crippen LogP contribution in [-0.2, 0) is 17.6 Å². The van der Waals surface area contributed by atoms with Crippen LogP contribution >= 0.6 is 0 Å². The fourth-order valence-corrected chi connectivity index (χ4v) is 7.40. The number of ether oxygens (including phenoxy) is 3. The van der Waals surface area contributed by atoms with Crippen LogP contribution in [0, 0.1) is 25.2 Å². The molecule has 1 saturated heterocycles. The highest BCUT2D eigenvalue weighted by atomic mass is 16.7. The van der Waals surface area contributed by atoms with Crippen LogP contribution in [0.2, 0.25) is 0 Å². The number of carbonyl (C=O) groups excluding carboxylic acids is 1. The van der Waals surface area contributed by atoms with Crippen molar-refractivity contribution in [1.82, 2.24) is 15.1 Å². The highest BCUT2D eigenvalue weighted by Gasteiger charge is 2.56. The summed E-state index contributed by atoms with van der Waals surface area (Å²) in [6.45, 7) is 5.48. The molecular formula is C29H35N5O6. The van der Waals surface area contributed by atoms with E-state index in [1.165, 1.54) is 0 Å². The van der Waals surface area contributed by atoms with Gasteiger partial charge in [-0.3, -0.25) is 14.6 Å². The molecule has 6 rings (SSSR count). The second kappa shape index (κ2) is 9.44. The Labute approximate surface area is 233 Å². The molecule has 0 aliphatic carbocycles. The van der Waals surface area contributed by atoms with E-state index in [-0.39, 0.29) is 48.9 Å². The third kappa shape index (κ3) is 3.56. The van der Waals surface area contributed by atoms with E-state index in [9.17, 15) is 20.3 Å². The second-order valence-corrected chi connectivity index (χ2v) is 11.3. The van der Waals surface area contributed by atoms with Gasteiger partial charge in [0.25, 0.3) is 0 Å². The molecule has 0 saturated carbocycles. The molecule has 4 heterocycles. The number of hydrogen-bond acceptors (Lipinski definition) is 10. The normalized spacial score (nSPS) is 27.2. The van der Waals surface area contributed by atoms with Crippen LogP contribution < -0.4 is 25.3 Å². The number of rotatable bonds is 4. The van der Waals surface area contributed by atoms with E-state index < -0.39 is 18.1 Å². The lowest BCUT2D eigenvalue weighted by molar-refractivity contribution is -0.123. The fraction of sp³-hybridized carbons (Fsp3) is 0.517. The molecule has 1 amide bonds. The van der Waals surface area contributed by atoms with Gasteiger partial charge in [0.2, 0.25) is 12.7 Å². The third-order valence-electron chi connectivity index (χ3n) is 9.17. The van der Waals surface area contributed by atoms with E-state index in [1.54, 1.807) is 21.0 Å². The summed E-state index contributed by atoms with van der Waals surface area (Å²) in [6.07, 6.45) is 0.955. The molecule has 212 valence electrons. The molecule has 2 aromatic rings. The Morgan fingerprint density at radius 1 is 1.23 bits per heavy atom. The average molecular weight is 550 g/mol. The lowest BCUT2D eigenvalue weighted by atomic mass is 9.71. The predicted octanol–water partition coefficient (Wildman–Crippen LogP) is 1.69. The Morgan fingerprint density at radius 2 is 1.95 bits per heavy atom. The molecule has 5 N–H and O–H groups in total. The maximum Gasteiger partial charge on any atom is 0.236 e. The number of carbonyl (C=O) groups is 1. The van der Waals surface area contributed by atoms with Crippen LogP contribution in [-0.4, -0.2) is 77.6 Å². The summed E-state index contributed by atoms with van der Waals surface area (Å²) >= 11 is 0. The van der Waals surface area contributed by atoms with Gasteiger partial charge >= 0.3 is 0 Å². The number of piperazine rings is 1. The fourth-order valence-electron chi connectivity index (χ4n) is 7.40. The molecule has 0 spiro atoms. The summed E-state index contributed by atoms with van der Waals surface area (Å²) < 4.78 is 17.3. The number of nitrogens with two attached hydrogens (primary N) is 1. The quantitative estimate of drug-likeness (QED) is 0.443. The van der Waals surface area contributed by atoms with Gasteiger partial charge in [0.05, 0.1) is 31.3 Å². The number of nitrogens with zero attached hydrogens (tertiary/aromatic N) is 3. The summed E-state index contributed by atoms with van der Waals surface area (Å²) in [5.41, 5.74) is 10.4. The molecule has 1 unspecified atom stereocenters. The summed E-state index contributed by atoms with van der Waals surface area (Å²) in [5.74, 6) is 1.33. The van der Waals surface area contributed by atoms with Gasteiger partial charge in [-0.1, -0.05) is 6.07 Å². The first-order valence-corrected chi connectivity index (χ1v) is 13.6. The van der Waals surface area contributed by atoms with Gasteiger partial charge in [-0.05, 0) is 51.8 Å². The number of likely N-dealkylation sites (N-methyl/N-ethyl adjacent to an activating group) is 1. The predicted molar refractivity (Wildman–Crippen MR) is 144 cm³/mol. The number of fused-ring (bicyclic) bond motifs is 9. The molecule has 2 bridgehead atoms. The van der Waals surface area contributed by atoms with Crippen LogP contribution in [0.25, 0.3) is 0 Å². The van der Waals surface area contributed by atoms with Gasteiger partial charge in [-0.25, -0.2) is 0 Å². The SMILES string of the molecule is COc1c(C)cc2c(c1O)[C@@H]1C3Cc4c(O)c(C)c5c(c4[C@H](CNC(=O)[C@H](C)N)N3[C@@H](C#N)[C@H](C2)N1C)OCO5. The van der Waals surface area contributed by atoms with Crippen molar-refractivity contribution >= 4 is 5.91 Å². The second-order valence-electron chi connectivity index (χ2n) is 11.3. The number of methoxy groups -OCH3 is 1. The monoisotopic (exact) mass is 549 g/mol. The standard InChI is InChI=1S/C29H35N5O6/c1-12-6-15-7-17-19(9-30)34-18(23(33(17)4)21(15)25(36)26(12)38-5)8-16-22(20(34)10-32-29(37)14(3)31)28-27(39-11-40-28)13(2)24(16)35/h6,14,17-20,23,35-36H,7-8,10-11,31H2,1-5H3,(H,32,37)/t14-,17-,18?,19-,20-,23-/m0/s1. The van der Waals surface area contributed by atoms with Crippen LogP contribution in [0.15, 0.2) is 6.07 Å². The smallest absolute Gasteiger partial charge is 0.236 e. The van der Waals surface area contributed by atoms with Gasteiger partial charge < -0.3 is 35.5 Å². The molecule has 0 aromatic heterocycles. The minimum Gasteiger partial charge on any atom is -0.507 e. The van der Waals surface area contributed by atoms with Gasteiger partial charge in [0.15, 0.2) is 23.0 Å². The minimum atomic E-state index is -0.714. The van der Waals surface area contributed by atoms with Crippen molar-refractivity contribution in [2.45, 2.75) is 69.9 Å². The van der Waals surface area contributed by atoms with Crippen molar-refractivity contribution < 1.29 is 29.2 Å². The number of phenols is 2. The van der Waals surface area contributed by atoms with E-state index in [0.717, 1.165) is 16.7 Å². The molecule has 2 aromatic carbocycles. The maximum absolute atomic E-state index is 12.6. The summed E-state index contributed by atoms with van der Waals surface area (Å²) in [5, 5.41) is 36.5. The largest absolute Gasteiger partial charge is 0.507 e. The Hall–Kier alpha value is -3.72. The van der Waals surface area contributed by atoms with Crippen LogP contribution in [0.3, 0.4) is 0 Å². The lowest BCUT2D eigenvalue weighted by Gasteiger charge is -2.60. The first kappa shape index (κ1) is 26.5. The first-order chi connectivity index (χ1) is 19.1. The van der Waals surface area contributed by atoms with Gasteiger partial charge in [0.1, 0.15) is 11.8 Å². The van der Waals surface area contributed by atoms with E-state index in [0.29, 0.717) is 46.8 Å². The highest BCUT2D eigenvalue weighted by Crippen LogP contribution is 2.58. The molecule has 11 nitrogen and oxygen atoms in total. The molecule has 4 aliphatic heterocycles. The summed E-state index contributed by atoms with van der Waals surface area (Å²) in [4.78, 5) is 17.0. The Balaban J connectivity index is 1.58. The Kier molecular flexibility index (Phi) is 6.25. The molecule has 4 aliphatic rings. The number of hydrogen-bond donors (Lipinski definition) is 4. The lowest BCUT2D eigenvalue weighted by Crippen LogP contribution is -2.68. The van der Waals surface area contributed by atoms with Crippen molar-refractivity contribution in [3.05, 3.63) is 39.4 Å². The zero-order valence-electron chi connectivity index (χ0n) is 23.3. The van der Waals surface area contributed by atoms with Gasteiger partial charge in [-0.2, -0.15) is 5.26 Å². The molecule has 1 fully saturated rings. The van der Waals surface area contributed by atoms with Gasteiger partial charge in [-0.15, -0.1) is 0 Å². The molecular weight excluding hydrogens is 514 g/mol. The van der Waals surface area contributed by atoms with E-state index >= 15 is 0 Å². The number of amides is 1. The van der Waals surface area contributed by atoms with Crippen molar-refractivity contribution in [2.24, 2.45) is 5.73 Å². The van der Waals surface area contributed by atoms with E-state index in [1.807, 2.05) is 20.0 Å². The first-order valence-electron chi connectivity index (χ1n) is 13.6. The Morgan fingerprint density at radius 3 is 2.62 bits per heavy atom. The number of aromatic hydroxyl groups is 2. The van der Waals surface area contributed by atoms with Crippen molar-refractivity contribution in [1.29, 1.82) is 5.26 Å². The highest BCUT2D eigenvalue weighted by molar-refractivity contribution is 5.81. The molecule has 11 heteroatoms. The Bertz CT molecular complexity index is 1450. The summed E-state index contributed by atoms with van der Waals surface area (Å²) in [6, 6.07) is 2.02. The minimum absolute atomic E-state index is 0.0183. The van der Waals surface area contributed by atoms with Crippen molar-refractivity contribution in [3.63, 3.8) is 0 Å². The van der Waals surface area contributed by atoms with E-state index in [2.05, 4.69) is 21.2 Å². The van der Waals surface area contributed by atoms with Crippen molar-refractivity contribution in [3.8, 4) is 34.8 Å². The number of phenolic OH excluding ortho intramolecular Hbond substituents is 2. The van der Waals surface area contributed by atoms with Crippen LogP contribution in [0.5, 0.6) is 28.7 Å². The number of nitriles is 1. The van der Waals surface area contributed by atoms with E-state index in [4.69, 9.17) is 19.9 Å². The number of benzene rings is 2. The average Bonchev–Trinajstić information content (AvgIpc) is 3.41. The number of aryl methyl sites for hydroxylation is 1. The van der Waals surface area contributed by atoms with Gasteiger partial charge in [0, 0.05) is 40.9 Å². The molecule has 6 atom stereocenters.